The molecule has 0 spiro atoms. The summed E-state index contributed by atoms with van der Waals surface area (Å²) in [7, 11) is 2.57. The molecule has 0 fully saturated rings. The Kier molecular flexibility index (Phi) is 14.9. The smallest absolute Gasteiger partial charge is 0.407 e. The third kappa shape index (κ3) is 12.6. The third-order valence-electron chi connectivity index (χ3n) is 9.76. The highest BCUT2D eigenvalue weighted by Crippen LogP contribution is 2.26. The van der Waals surface area contributed by atoms with Crippen LogP contribution in [0.5, 0.6) is 0 Å². The molecule has 57 heavy (non-hydrogen) atoms. The normalized spacial score (nSPS) is 14.3. The number of rotatable bonds is 15. The number of carbonyl (C=O) groups is 4. The topological polar surface area (TPSA) is 183 Å². The van der Waals surface area contributed by atoms with E-state index in [9.17, 15) is 29.4 Å². The summed E-state index contributed by atoms with van der Waals surface area (Å²) in [6.45, 7) is 10.8. The van der Waals surface area contributed by atoms with Crippen LogP contribution in [0.3, 0.4) is 0 Å². The zero-order valence-corrected chi connectivity index (χ0v) is 34.0. The minimum atomic E-state index is -1.27. The summed E-state index contributed by atoms with van der Waals surface area (Å²) >= 11 is 0. The Balaban J connectivity index is 1.69. The Hall–Kier alpha value is -5.82. The van der Waals surface area contributed by atoms with E-state index in [0.29, 0.717) is 6.42 Å². The van der Waals surface area contributed by atoms with Gasteiger partial charge in [0.15, 0.2) is 0 Å². The first kappa shape index (κ1) is 43.9. The molecular formula is C44H56N6O7. The lowest BCUT2D eigenvalue weighted by Gasteiger charge is -2.37. The van der Waals surface area contributed by atoms with Crippen molar-refractivity contribution in [1.29, 1.82) is 0 Å². The van der Waals surface area contributed by atoms with Crippen molar-refractivity contribution >= 4 is 24.0 Å². The van der Waals surface area contributed by atoms with Crippen molar-refractivity contribution in [2.24, 2.45) is 10.8 Å². The highest BCUT2D eigenvalue weighted by Gasteiger charge is 2.40. The molecular weight excluding hydrogens is 725 g/mol. The number of alkyl carbamates (subject to hydrolysis) is 1. The molecule has 0 aliphatic heterocycles. The average molecular weight is 781 g/mol. The van der Waals surface area contributed by atoms with Crippen LogP contribution in [-0.2, 0) is 27.2 Å². The monoisotopic (exact) mass is 780 g/mol. The molecule has 4 amide bonds. The fourth-order valence-electron chi connectivity index (χ4n) is 6.82. The lowest BCUT2D eigenvalue weighted by atomic mass is 9.84. The van der Waals surface area contributed by atoms with Gasteiger partial charge in [-0.05, 0) is 65.5 Å². The number of carbonyl (C=O) groups excluding carboxylic acids is 3. The Labute approximate surface area is 335 Å². The second kappa shape index (κ2) is 19.4. The van der Waals surface area contributed by atoms with Crippen molar-refractivity contribution in [3.63, 3.8) is 0 Å². The van der Waals surface area contributed by atoms with Gasteiger partial charge in [0, 0.05) is 36.6 Å². The zero-order valence-electron chi connectivity index (χ0n) is 34.0. The highest BCUT2D eigenvalue weighted by atomic mass is 16.5. The van der Waals surface area contributed by atoms with E-state index in [1.54, 1.807) is 33.2 Å². The van der Waals surface area contributed by atoms with E-state index < -0.39 is 65.1 Å². The van der Waals surface area contributed by atoms with Gasteiger partial charge in [-0.15, -0.1) is 0 Å². The predicted molar refractivity (Wildman–Crippen MR) is 219 cm³/mol. The van der Waals surface area contributed by atoms with Gasteiger partial charge in [-0.25, -0.2) is 9.59 Å². The number of amides is 4. The summed E-state index contributed by atoms with van der Waals surface area (Å²) < 4.78 is 4.81. The summed E-state index contributed by atoms with van der Waals surface area (Å²) in [5, 5.41) is 30.7. The molecule has 0 saturated heterocycles. The number of ether oxygens (including phenoxy) is 1. The molecule has 13 nitrogen and oxygen atoms in total. The maximum Gasteiger partial charge on any atom is 0.407 e. The molecule has 0 aliphatic rings. The van der Waals surface area contributed by atoms with Crippen LogP contribution >= 0.6 is 0 Å². The molecule has 0 unspecified atom stereocenters. The zero-order chi connectivity index (χ0) is 41.9. The van der Waals surface area contributed by atoms with Gasteiger partial charge >= 0.3 is 12.2 Å². The fraction of sp³-hybridized carbons (Fsp3) is 0.409. The van der Waals surface area contributed by atoms with Gasteiger partial charge in [-0.1, -0.05) is 102 Å². The summed E-state index contributed by atoms with van der Waals surface area (Å²) in [6, 6.07) is 23.0. The first-order chi connectivity index (χ1) is 26.9. The molecule has 5 atom stereocenters. The summed E-state index contributed by atoms with van der Waals surface area (Å²) in [5.41, 5.74) is 3.57. The molecule has 304 valence electrons. The number of carboxylic acid groups (broad SMARTS) is 1. The van der Waals surface area contributed by atoms with Crippen LogP contribution in [0.4, 0.5) is 9.59 Å². The number of hydrogen-bond donors (Lipinski definition) is 5. The van der Waals surface area contributed by atoms with Crippen LogP contribution in [-0.4, -0.2) is 93.5 Å². The van der Waals surface area contributed by atoms with E-state index in [1.165, 1.54) is 14.2 Å². The second-order valence-electron chi connectivity index (χ2n) is 16.5. The summed E-state index contributed by atoms with van der Waals surface area (Å²) in [4.78, 5) is 62.3. The molecule has 0 bridgehead atoms. The largest absolute Gasteiger partial charge is 0.465 e. The number of nitrogens with one attached hydrogen (secondary N) is 3. The Morgan fingerprint density at radius 3 is 1.63 bits per heavy atom. The first-order valence-electron chi connectivity index (χ1n) is 19.0. The number of likely N-dealkylation sites (N-methyl/N-ethyl adjacent to an activating group) is 1. The second-order valence-corrected chi connectivity index (χ2v) is 16.5. The SMILES string of the molecule is COC(=O)N[C@H](C(=O)N[C@H](Cc1ccc(-c2ccccn2)cc1)C[C@@H](O)[C@@H](Cc1ccc(-c2ccccn2)cc1)NC(=O)[C@@H](N(C)C(=O)O)C(C)(C)C)C(C)(C)C. The van der Waals surface area contributed by atoms with Gasteiger partial charge < -0.3 is 30.9 Å². The van der Waals surface area contributed by atoms with Gasteiger partial charge in [0.2, 0.25) is 11.8 Å². The van der Waals surface area contributed by atoms with Gasteiger partial charge in [-0.2, -0.15) is 0 Å². The molecule has 0 saturated carbocycles. The van der Waals surface area contributed by atoms with E-state index in [1.807, 2.05) is 106 Å². The minimum Gasteiger partial charge on any atom is -0.465 e. The molecule has 2 aromatic heterocycles. The van der Waals surface area contributed by atoms with E-state index in [4.69, 9.17) is 4.74 Å². The van der Waals surface area contributed by atoms with E-state index in [0.717, 1.165) is 38.5 Å². The Morgan fingerprint density at radius 1 is 0.702 bits per heavy atom. The number of aliphatic hydroxyl groups is 1. The molecule has 2 heterocycles. The fourth-order valence-corrected chi connectivity index (χ4v) is 6.82. The van der Waals surface area contributed by atoms with Crippen molar-refractivity contribution in [2.45, 2.75) is 91.1 Å². The van der Waals surface area contributed by atoms with Gasteiger partial charge in [0.25, 0.3) is 0 Å². The van der Waals surface area contributed by atoms with Crippen LogP contribution in [0.15, 0.2) is 97.3 Å². The maximum absolute atomic E-state index is 14.1. The molecule has 4 rings (SSSR count). The van der Waals surface area contributed by atoms with Crippen molar-refractivity contribution < 1.29 is 34.1 Å². The number of hydrogen-bond acceptors (Lipinski definition) is 8. The first-order valence-corrected chi connectivity index (χ1v) is 19.0. The van der Waals surface area contributed by atoms with E-state index in [2.05, 4.69) is 25.9 Å². The molecule has 2 aromatic carbocycles. The van der Waals surface area contributed by atoms with E-state index in [-0.39, 0.29) is 12.8 Å². The quantitative estimate of drug-likeness (QED) is 0.0950. The maximum atomic E-state index is 14.1. The minimum absolute atomic E-state index is 0.00522. The van der Waals surface area contributed by atoms with Crippen LogP contribution in [0.25, 0.3) is 22.5 Å². The highest BCUT2D eigenvalue weighted by molar-refractivity contribution is 5.87. The average Bonchev–Trinajstić information content (AvgIpc) is 3.16. The van der Waals surface area contributed by atoms with E-state index >= 15 is 0 Å². The van der Waals surface area contributed by atoms with Crippen LogP contribution in [0.2, 0.25) is 0 Å². The van der Waals surface area contributed by atoms with Crippen molar-refractivity contribution in [3.05, 3.63) is 108 Å². The molecule has 0 aliphatic carbocycles. The standard InChI is InChI=1S/C44H56N6O7/c1-43(2,3)37(49-41(54)57-8)39(52)47-32(25-28-15-19-30(20-16-28)33-13-9-11-23-45-33)27-36(51)35(48-40(53)38(44(4,5)6)50(7)42(55)56)26-29-17-21-31(22-18-29)34-14-10-12-24-46-34/h9-24,32,35-38,51H,25-27H2,1-8H3,(H,47,52)(H,48,53)(H,49,54)(H,55,56)/t32-,35-,36-,37-,38-/m1/s1. The van der Waals surface area contributed by atoms with Crippen LogP contribution in [0, 0.1) is 10.8 Å². The molecule has 0 radical (unpaired) electrons. The molecule has 5 N–H and O–H groups in total. The van der Waals surface area contributed by atoms with Crippen molar-refractivity contribution in [3.8, 4) is 22.5 Å². The number of aromatic nitrogens is 2. The van der Waals surface area contributed by atoms with Gasteiger partial charge in [0.1, 0.15) is 12.1 Å². The van der Waals surface area contributed by atoms with Gasteiger partial charge in [-0.3, -0.25) is 24.5 Å². The number of methoxy groups -OCH3 is 1. The summed E-state index contributed by atoms with van der Waals surface area (Å²) in [6.07, 6.45) is 0.668. The number of aliphatic hydroxyl groups excluding tert-OH is 1. The molecule has 4 aromatic rings. The van der Waals surface area contributed by atoms with Crippen molar-refractivity contribution in [2.75, 3.05) is 14.2 Å². The number of nitrogens with zero attached hydrogens (tertiary/aromatic N) is 3. The van der Waals surface area contributed by atoms with Gasteiger partial charge in [0.05, 0.1) is 30.6 Å². The van der Waals surface area contributed by atoms with Crippen LogP contribution < -0.4 is 16.0 Å². The number of benzene rings is 2. The van der Waals surface area contributed by atoms with Crippen molar-refractivity contribution in [1.82, 2.24) is 30.8 Å². The lowest BCUT2D eigenvalue weighted by Crippen LogP contribution is -2.59. The van der Waals surface area contributed by atoms with Crippen LogP contribution in [0.1, 0.15) is 59.1 Å². The third-order valence-corrected chi connectivity index (χ3v) is 9.76. The molecule has 13 heteroatoms. The lowest BCUT2D eigenvalue weighted by molar-refractivity contribution is -0.131. The Morgan fingerprint density at radius 2 is 1.21 bits per heavy atom. The number of pyridine rings is 2. The predicted octanol–water partition coefficient (Wildman–Crippen LogP) is 6.11. The summed E-state index contributed by atoms with van der Waals surface area (Å²) in [5.74, 6) is -1.04. The Bertz CT molecular complexity index is 1930.